The maximum atomic E-state index is 5.32. The second-order valence-corrected chi connectivity index (χ2v) is 5.79. The summed E-state index contributed by atoms with van der Waals surface area (Å²) < 4.78 is 9.74. The van der Waals surface area contributed by atoms with Gasteiger partial charge in [-0.1, -0.05) is 18.2 Å². The molecule has 116 valence electrons. The maximum Gasteiger partial charge on any atom is 0.191 e. The van der Waals surface area contributed by atoms with Crippen LogP contribution in [0, 0.1) is 6.92 Å². The van der Waals surface area contributed by atoms with Crippen molar-refractivity contribution in [2.75, 3.05) is 0 Å². The molecular formula is C18H18N4O. The Kier molecular flexibility index (Phi) is 3.26. The molecule has 0 amide bonds. The number of hydrogen-bond acceptors (Lipinski definition) is 3. The zero-order valence-electron chi connectivity index (χ0n) is 13.2. The minimum Gasteiger partial charge on any atom is -0.449 e. The molecule has 0 saturated carbocycles. The van der Waals surface area contributed by atoms with E-state index in [1.807, 2.05) is 19.3 Å². The lowest BCUT2D eigenvalue weighted by Crippen LogP contribution is -2.13. The molecule has 0 fully saturated rings. The van der Waals surface area contributed by atoms with Gasteiger partial charge in [-0.15, -0.1) is 0 Å². The van der Waals surface area contributed by atoms with E-state index < -0.39 is 0 Å². The lowest BCUT2D eigenvalue weighted by Gasteiger charge is -2.17. The molecule has 4 aromatic rings. The Balaban J connectivity index is 1.65. The van der Waals surface area contributed by atoms with Crippen molar-refractivity contribution in [1.29, 1.82) is 0 Å². The number of aryl methyl sites for hydroxylation is 1. The molecule has 0 spiro atoms. The first-order valence-corrected chi connectivity index (χ1v) is 7.71. The molecule has 3 aromatic heterocycles. The standard InChI is InChI=1S/C18H18N4O/c1-13(11-21-9-7-15-5-3-4-6-17(15)21)22-10-8-19-18(22)16-12-23-14(2)20-16/h3-10,12-13H,11H2,1-2H3/t13-/m0/s1. The van der Waals surface area contributed by atoms with Crippen LogP contribution in [-0.4, -0.2) is 19.1 Å². The Morgan fingerprint density at radius 2 is 2.04 bits per heavy atom. The van der Waals surface area contributed by atoms with Gasteiger partial charge in [-0.3, -0.25) is 0 Å². The first-order valence-electron chi connectivity index (χ1n) is 7.71. The Morgan fingerprint density at radius 3 is 2.87 bits per heavy atom. The fourth-order valence-electron chi connectivity index (χ4n) is 3.01. The number of imidazole rings is 1. The molecule has 5 nitrogen and oxygen atoms in total. The van der Waals surface area contributed by atoms with E-state index in [1.165, 1.54) is 10.9 Å². The van der Waals surface area contributed by atoms with E-state index in [0.29, 0.717) is 5.89 Å². The van der Waals surface area contributed by atoms with Gasteiger partial charge in [-0.05, 0) is 24.4 Å². The quantitative estimate of drug-likeness (QED) is 0.571. The van der Waals surface area contributed by atoms with Gasteiger partial charge in [0.2, 0.25) is 0 Å². The van der Waals surface area contributed by atoms with Crippen molar-refractivity contribution >= 4 is 10.9 Å². The van der Waals surface area contributed by atoms with E-state index in [0.717, 1.165) is 18.1 Å². The van der Waals surface area contributed by atoms with Gasteiger partial charge >= 0.3 is 0 Å². The molecule has 4 rings (SSSR count). The van der Waals surface area contributed by atoms with Crippen LogP contribution in [-0.2, 0) is 6.54 Å². The minimum atomic E-state index is 0.250. The number of oxazole rings is 1. The van der Waals surface area contributed by atoms with Gasteiger partial charge in [0.1, 0.15) is 12.0 Å². The molecule has 3 heterocycles. The number of para-hydroxylation sites is 1. The first-order chi connectivity index (χ1) is 11.2. The fourth-order valence-corrected chi connectivity index (χ4v) is 3.01. The van der Waals surface area contributed by atoms with Crippen LogP contribution in [0.4, 0.5) is 0 Å². The van der Waals surface area contributed by atoms with Crippen molar-refractivity contribution in [3.63, 3.8) is 0 Å². The topological polar surface area (TPSA) is 48.8 Å². The van der Waals surface area contributed by atoms with Crippen LogP contribution >= 0.6 is 0 Å². The van der Waals surface area contributed by atoms with E-state index in [9.17, 15) is 0 Å². The normalized spacial score (nSPS) is 12.8. The largest absolute Gasteiger partial charge is 0.449 e. The smallest absolute Gasteiger partial charge is 0.191 e. The van der Waals surface area contributed by atoms with Crippen molar-refractivity contribution in [2.24, 2.45) is 0 Å². The van der Waals surface area contributed by atoms with Crippen LogP contribution in [0.15, 0.2) is 59.6 Å². The van der Waals surface area contributed by atoms with E-state index in [4.69, 9.17) is 4.42 Å². The van der Waals surface area contributed by atoms with Crippen molar-refractivity contribution < 1.29 is 4.42 Å². The van der Waals surface area contributed by atoms with Crippen LogP contribution in [0.5, 0.6) is 0 Å². The zero-order chi connectivity index (χ0) is 15.8. The summed E-state index contributed by atoms with van der Waals surface area (Å²) in [6.45, 7) is 4.90. The summed E-state index contributed by atoms with van der Waals surface area (Å²) in [7, 11) is 0. The number of rotatable bonds is 4. The summed E-state index contributed by atoms with van der Waals surface area (Å²) >= 11 is 0. The van der Waals surface area contributed by atoms with Crippen LogP contribution in [0.3, 0.4) is 0 Å². The molecule has 0 radical (unpaired) electrons. The Bertz CT molecular complexity index is 947. The van der Waals surface area contributed by atoms with Crippen LogP contribution < -0.4 is 0 Å². The zero-order valence-corrected chi connectivity index (χ0v) is 13.2. The van der Waals surface area contributed by atoms with E-state index in [1.54, 1.807) is 6.26 Å². The predicted octanol–water partition coefficient (Wildman–Crippen LogP) is 4.06. The van der Waals surface area contributed by atoms with Gasteiger partial charge in [0.25, 0.3) is 0 Å². The van der Waals surface area contributed by atoms with E-state index in [-0.39, 0.29) is 6.04 Å². The third-order valence-corrected chi connectivity index (χ3v) is 4.13. The molecule has 0 aliphatic carbocycles. The average Bonchev–Trinajstić information content (AvgIpc) is 3.26. The monoisotopic (exact) mass is 306 g/mol. The van der Waals surface area contributed by atoms with Crippen LogP contribution in [0.2, 0.25) is 0 Å². The van der Waals surface area contributed by atoms with Crippen molar-refractivity contribution in [3.05, 3.63) is 61.1 Å². The minimum absolute atomic E-state index is 0.250. The van der Waals surface area contributed by atoms with Crippen LogP contribution in [0.25, 0.3) is 22.4 Å². The summed E-state index contributed by atoms with van der Waals surface area (Å²) in [6, 6.07) is 10.8. The molecule has 0 saturated heterocycles. The highest BCUT2D eigenvalue weighted by atomic mass is 16.3. The predicted molar refractivity (Wildman–Crippen MR) is 89.1 cm³/mol. The van der Waals surface area contributed by atoms with Gasteiger partial charge < -0.3 is 13.6 Å². The summed E-state index contributed by atoms with van der Waals surface area (Å²) in [6.07, 6.45) is 7.60. The van der Waals surface area contributed by atoms with Crippen molar-refractivity contribution in [2.45, 2.75) is 26.4 Å². The molecule has 5 heteroatoms. The summed E-state index contributed by atoms with van der Waals surface area (Å²) in [5.74, 6) is 1.49. The molecule has 1 aromatic carbocycles. The second-order valence-electron chi connectivity index (χ2n) is 5.79. The molecule has 0 N–H and O–H groups in total. The number of benzene rings is 1. The van der Waals surface area contributed by atoms with Gasteiger partial charge in [0, 0.05) is 37.6 Å². The number of fused-ring (bicyclic) bond motifs is 1. The molecular weight excluding hydrogens is 288 g/mol. The second kappa shape index (κ2) is 5.43. The van der Waals surface area contributed by atoms with Gasteiger partial charge in [0.15, 0.2) is 11.7 Å². The number of nitrogens with zero attached hydrogens (tertiary/aromatic N) is 4. The van der Waals surface area contributed by atoms with E-state index >= 15 is 0 Å². The Hall–Kier alpha value is -2.82. The lowest BCUT2D eigenvalue weighted by atomic mass is 10.2. The van der Waals surface area contributed by atoms with Crippen molar-refractivity contribution in [1.82, 2.24) is 19.1 Å². The summed E-state index contributed by atoms with van der Waals surface area (Å²) in [5.41, 5.74) is 2.02. The Morgan fingerprint density at radius 1 is 1.17 bits per heavy atom. The maximum absolute atomic E-state index is 5.32. The third-order valence-electron chi connectivity index (χ3n) is 4.13. The highest BCUT2D eigenvalue weighted by molar-refractivity contribution is 5.79. The molecule has 0 unspecified atom stereocenters. The molecule has 0 bridgehead atoms. The Labute approximate surface area is 134 Å². The van der Waals surface area contributed by atoms with Gasteiger partial charge in [-0.2, -0.15) is 0 Å². The molecule has 0 aliphatic heterocycles. The van der Waals surface area contributed by atoms with Crippen molar-refractivity contribution in [3.8, 4) is 11.5 Å². The van der Waals surface area contributed by atoms with Crippen LogP contribution in [0.1, 0.15) is 18.9 Å². The summed E-state index contributed by atoms with van der Waals surface area (Å²) in [4.78, 5) is 8.83. The van der Waals surface area contributed by atoms with Gasteiger partial charge in [-0.25, -0.2) is 9.97 Å². The lowest BCUT2D eigenvalue weighted by molar-refractivity contribution is 0.475. The SMILES string of the molecule is Cc1nc(-c2nccn2[C@@H](C)Cn2ccc3ccccc32)co1. The van der Waals surface area contributed by atoms with Gasteiger partial charge in [0.05, 0.1) is 6.04 Å². The first kappa shape index (κ1) is 13.8. The highest BCUT2D eigenvalue weighted by Crippen LogP contribution is 2.23. The molecule has 0 aliphatic rings. The fraction of sp³-hybridized carbons (Fsp3) is 0.222. The van der Waals surface area contributed by atoms with E-state index in [2.05, 4.69) is 62.6 Å². The third kappa shape index (κ3) is 2.44. The molecule has 23 heavy (non-hydrogen) atoms. The highest BCUT2D eigenvalue weighted by Gasteiger charge is 2.15. The summed E-state index contributed by atoms with van der Waals surface area (Å²) in [5, 5.41) is 1.26. The number of hydrogen-bond donors (Lipinski definition) is 0. The average molecular weight is 306 g/mol. The molecule has 1 atom stereocenters. The number of aromatic nitrogens is 4.